The molecule has 1 amide bonds. The second-order valence-electron chi connectivity index (χ2n) is 5.20. The van der Waals surface area contributed by atoms with Crippen LogP contribution in [0.3, 0.4) is 0 Å². The maximum absolute atomic E-state index is 14.3. The van der Waals surface area contributed by atoms with E-state index in [9.17, 15) is 18.7 Å². The van der Waals surface area contributed by atoms with Crippen LogP contribution in [0.15, 0.2) is 18.2 Å². The molecule has 0 saturated carbocycles. The van der Waals surface area contributed by atoms with Crippen molar-refractivity contribution in [3.05, 3.63) is 35.4 Å². The third kappa shape index (κ3) is 3.74. The quantitative estimate of drug-likeness (QED) is 0.618. The number of rotatable bonds is 3. The lowest BCUT2D eigenvalue weighted by atomic mass is 9.75. The molecule has 6 nitrogen and oxygen atoms in total. The Labute approximate surface area is 136 Å². The topological polar surface area (TPSA) is 90.8 Å². The molecule has 1 fully saturated rings. The fraction of sp³-hybridized carbons (Fsp3) is 0.429. The van der Waals surface area contributed by atoms with Crippen LogP contribution in [0.25, 0.3) is 0 Å². The van der Waals surface area contributed by atoms with Crippen LogP contribution in [-0.2, 0) is 10.3 Å². The van der Waals surface area contributed by atoms with Crippen molar-refractivity contribution in [2.45, 2.75) is 12.0 Å². The van der Waals surface area contributed by atoms with Crippen LogP contribution in [0.1, 0.15) is 12.0 Å². The first-order chi connectivity index (χ1) is 10.9. The summed E-state index contributed by atoms with van der Waals surface area (Å²) < 4.78 is 32.9. The first-order valence-electron chi connectivity index (χ1n) is 6.85. The van der Waals surface area contributed by atoms with E-state index in [1.54, 1.807) is 0 Å². The molecule has 0 aromatic heterocycles. The third-order valence-electron chi connectivity index (χ3n) is 3.83. The van der Waals surface area contributed by atoms with E-state index >= 15 is 0 Å². The molecule has 2 rings (SSSR count). The first-order valence-corrected chi connectivity index (χ1v) is 7.26. The summed E-state index contributed by atoms with van der Waals surface area (Å²) in [5, 5.41) is 22.8. The summed E-state index contributed by atoms with van der Waals surface area (Å²) in [5.41, 5.74) is -1.25. The van der Waals surface area contributed by atoms with E-state index in [4.69, 9.17) is 22.1 Å². The highest BCUT2D eigenvalue weighted by Gasteiger charge is 2.45. The van der Waals surface area contributed by atoms with Gasteiger partial charge in [-0.2, -0.15) is 0 Å². The van der Waals surface area contributed by atoms with Gasteiger partial charge in [-0.05, 0) is 24.7 Å². The van der Waals surface area contributed by atoms with E-state index in [2.05, 4.69) is 5.32 Å². The van der Waals surface area contributed by atoms with E-state index in [0.717, 1.165) is 12.1 Å². The van der Waals surface area contributed by atoms with Crippen molar-refractivity contribution in [3.8, 4) is 0 Å². The van der Waals surface area contributed by atoms with Crippen molar-refractivity contribution in [3.63, 3.8) is 0 Å². The molecule has 9 heteroatoms. The number of hydrogen-bond acceptors (Lipinski definition) is 4. The van der Waals surface area contributed by atoms with Gasteiger partial charge in [0, 0.05) is 30.8 Å². The molecule has 1 aromatic rings. The van der Waals surface area contributed by atoms with Gasteiger partial charge in [-0.3, -0.25) is 5.32 Å². The van der Waals surface area contributed by atoms with Gasteiger partial charge in [0.25, 0.3) is 0 Å². The summed E-state index contributed by atoms with van der Waals surface area (Å²) in [6.07, 6.45) is -0.981. The van der Waals surface area contributed by atoms with E-state index in [1.807, 2.05) is 5.32 Å². The van der Waals surface area contributed by atoms with Crippen LogP contribution in [0.5, 0.6) is 0 Å². The predicted molar refractivity (Wildman–Crippen MR) is 80.9 cm³/mol. The number of hydrogen-bond donors (Lipinski definition) is 4. The van der Waals surface area contributed by atoms with Gasteiger partial charge < -0.3 is 20.3 Å². The Kier molecular flexibility index (Phi) is 5.45. The average Bonchev–Trinajstić information content (AvgIpc) is 2.46. The summed E-state index contributed by atoms with van der Waals surface area (Å²) in [6, 6.07) is 3.03. The fourth-order valence-corrected chi connectivity index (χ4v) is 3.02. The zero-order chi connectivity index (χ0) is 17.0. The number of aliphatic hydroxyl groups excluding tert-OH is 1. The third-order valence-corrected chi connectivity index (χ3v) is 4.03. The monoisotopic (exact) mass is 346 g/mol. The minimum Gasteiger partial charge on any atom is -0.465 e. The van der Waals surface area contributed by atoms with Crippen LogP contribution < -0.4 is 10.6 Å². The second-order valence-corrected chi connectivity index (χ2v) is 5.61. The number of halogens is 2. The molecule has 126 valence electrons. The van der Waals surface area contributed by atoms with E-state index in [1.165, 1.54) is 6.07 Å². The van der Waals surface area contributed by atoms with Crippen molar-refractivity contribution in [2.24, 2.45) is 5.92 Å². The summed E-state index contributed by atoms with van der Waals surface area (Å²) in [7, 11) is 0. The standard InChI is InChI=1S/C14H16F2N2O4S/c15-9-1-2-10(11(16)5-9)14(18-12(23)17-13(20)21)7-22-4-3-8(14)6-19/h1-2,5,8,19H,3-4,6-7H2,(H,20,21)(H2,17,18,23)/t8-,14-/m0/s1. The zero-order valence-corrected chi connectivity index (χ0v) is 12.8. The highest BCUT2D eigenvalue weighted by Crippen LogP contribution is 2.37. The van der Waals surface area contributed by atoms with Gasteiger partial charge in [0.05, 0.1) is 12.1 Å². The number of amides is 1. The van der Waals surface area contributed by atoms with Gasteiger partial charge in [0.15, 0.2) is 5.11 Å². The van der Waals surface area contributed by atoms with Gasteiger partial charge in [-0.15, -0.1) is 0 Å². The zero-order valence-electron chi connectivity index (χ0n) is 12.0. The molecule has 1 aromatic carbocycles. The lowest BCUT2D eigenvalue weighted by Crippen LogP contribution is -2.60. The van der Waals surface area contributed by atoms with Gasteiger partial charge in [0.2, 0.25) is 0 Å². The number of carboxylic acid groups (broad SMARTS) is 1. The van der Waals surface area contributed by atoms with Gasteiger partial charge >= 0.3 is 6.09 Å². The van der Waals surface area contributed by atoms with Crippen LogP contribution in [0.4, 0.5) is 13.6 Å². The molecular formula is C14H16F2N2O4S. The summed E-state index contributed by atoms with van der Waals surface area (Å²) >= 11 is 4.92. The van der Waals surface area contributed by atoms with Crippen LogP contribution in [0.2, 0.25) is 0 Å². The smallest absolute Gasteiger partial charge is 0.410 e. The van der Waals surface area contributed by atoms with Crippen LogP contribution in [0, 0.1) is 17.6 Å². The minimum absolute atomic E-state index is 0.0483. The Morgan fingerprint density at radius 2 is 2.22 bits per heavy atom. The van der Waals surface area contributed by atoms with Crippen LogP contribution >= 0.6 is 12.2 Å². The maximum Gasteiger partial charge on any atom is 0.410 e. The number of carbonyl (C=O) groups is 1. The lowest BCUT2D eigenvalue weighted by Gasteiger charge is -2.44. The molecule has 23 heavy (non-hydrogen) atoms. The molecule has 1 aliphatic rings. The van der Waals surface area contributed by atoms with E-state index in [-0.39, 0.29) is 23.9 Å². The molecular weight excluding hydrogens is 330 g/mol. The summed E-state index contributed by atoms with van der Waals surface area (Å²) in [4.78, 5) is 10.7. The molecule has 1 saturated heterocycles. The Morgan fingerprint density at radius 1 is 1.48 bits per heavy atom. The Balaban J connectivity index is 2.45. The highest BCUT2D eigenvalue weighted by atomic mass is 32.1. The van der Waals surface area contributed by atoms with Crippen molar-refractivity contribution in [1.29, 1.82) is 0 Å². The van der Waals surface area contributed by atoms with Gasteiger partial charge in [0.1, 0.15) is 11.6 Å². The molecule has 4 N–H and O–H groups in total. The molecule has 0 radical (unpaired) electrons. The minimum atomic E-state index is -1.38. The average molecular weight is 346 g/mol. The SMILES string of the molecule is O=C(O)NC(=S)N[C@@]1(c2ccc(F)cc2F)COCC[C@H]1CO. The van der Waals surface area contributed by atoms with E-state index in [0.29, 0.717) is 13.0 Å². The van der Waals surface area contributed by atoms with Crippen molar-refractivity contribution < 1.29 is 28.5 Å². The normalized spacial score (nSPS) is 24.0. The second kappa shape index (κ2) is 7.16. The molecule has 0 aliphatic carbocycles. The van der Waals surface area contributed by atoms with Crippen LogP contribution in [-0.4, -0.2) is 41.2 Å². The predicted octanol–water partition coefficient (Wildman–Crippen LogP) is 1.33. The number of thiocarbonyl (C=S) groups is 1. The fourth-order valence-electron chi connectivity index (χ4n) is 2.76. The molecule has 2 atom stereocenters. The maximum atomic E-state index is 14.3. The van der Waals surface area contributed by atoms with Gasteiger partial charge in [-0.25, -0.2) is 13.6 Å². The number of nitrogens with one attached hydrogen (secondary N) is 2. The molecule has 1 aliphatic heterocycles. The van der Waals surface area contributed by atoms with E-state index < -0.39 is 29.2 Å². The first kappa shape index (κ1) is 17.5. The molecule has 1 heterocycles. The molecule has 0 unspecified atom stereocenters. The van der Waals surface area contributed by atoms with Crippen molar-refractivity contribution >= 4 is 23.4 Å². The Hall–Kier alpha value is -1.84. The lowest BCUT2D eigenvalue weighted by molar-refractivity contribution is -0.0341. The van der Waals surface area contributed by atoms with Gasteiger partial charge in [-0.1, -0.05) is 6.07 Å². The molecule has 0 bridgehead atoms. The Bertz CT molecular complexity index is 616. The number of aliphatic hydroxyl groups is 1. The Morgan fingerprint density at radius 3 is 2.83 bits per heavy atom. The highest BCUT2D eigenvalue weighted by molar-refractivity contribution is 7.80. The largest absolute Gasteiger partial charge is 0.465 e. The van der Waals surface area contributed by atoms with Crippen molar-refractivity contribution in [1.82, 2.24) is 10.6 Å². The number of ether oxygens (including phenoxy) is 1. The van der Waals surface area contributed by atoms with Crippen molar-refractivity contribution in [2.75, 3.05) is 19.8 Å². The number of benzene rings is 1. The molecule has 0 spiro atoms. The summed E-state index contributed by atoms with van der Waals surface area (Å²) in [6.45, 7) is 0.00166. The summed E-state index contributed by atoms with van der Waals surface area (Å²) in [5.74, 6) is -2.07.